The maximum absolute atomic E-state index is 12.1. The zero-order chi connectivity index (χ0) is 17.7. The van der Waals surface area contributed by atoms with E-state index in [4.69, 9.17) is 0 Å². The Hall–Kier alpha value is -2.41. The number of ketones is 1. The number of carbonyl (C=O) groups is 1. The summed E-state index contributed by atoms with van der Waals surface area (Å²) in [6, 6.07) is 4.40. The van der Waals surface area contributed by atoms with Gasteiger partial charge in [-0.3, -0.25) is 4.79 Å². The van der Waals surface area contributed by atoms with Gasteiger partial charge in [-0.2, -0.15) is 0 Å². The van der Waals surface area contributed by atoms with Gasteiger partial charge in [-0.1, -0.05) is 54.2 Å². The van der Waals surface area contributed by atoms with Crippen LogP contribution in [0.4, 0.5) is 0 Å². The Balaban J connectivity index is 2.39. The van der Waals surface area contributed by atoms with Gasteiger partial charge in [-0.05, 0) is 75.0 Å². The first-order chi connectivity index (χ1) is 11.4. The zero-order valence-electron chi connectivity index (χ0n) is 15.1. The average molecular weight is 318 g/mol. The zero-order valence-corrected chi connectivity index (χ0v) is 15.1. The molecule has 0 amide bonds. The number of allylic oxidation sites excluding steroid dienone is 8. The Morgan fingerprint density at radius 3 is 2.33 bits per heavy atom. The van der Waals surface area contributed by atoms with E-state index in [1.807, 2.05) is 12.2 Å². The highest BCUT2D eigenvalue weighted by Crippen LogP contribution is 2.22. The summed E-state index contributed by atoms with van der Waals surface area (Å²) >= 11 is 0. The third kappa shape index (κ3) is 4.55. The van der Waals surface area contributed by atoms with Crippen molar-refractivity contribution in [1.29, 1.82) is 0 Å². The summed E-state index contributed by atoms with van der Waals surface area (Å²) in [6.07, 6.45) is 13.7. The van der Waals surface area contributed by atoms with Crippen molar-refractivity contribution in [1.82, 2.24) is 0 Å². The molecular formula is C23H26O. The van der Waals surface area contributed by atoms with Crippen LogP contribution in [0.5, 0.6) is 0 Å². The van der Waals surface area contributed by atoms with Gasteiger partial charge in [-0.25, -0.2) is 0 Å². The molecule has 0 atom stereocenters. The summed E-state index contributed by atoms with van der Waals surface area (Å²) in [5.74, 6) is -0.0294. The van der Waals surface area contributed by atoms with Crippen molar-refractivity contribution in [3.63, 3.8) is 0 Å². The van der Waals surface area contributed by atoms with Gasteiger partial charge in [0.1, 0.15) is 0 Å². The van der Waals surface area contributed by atoms with Gasteiger partial charge in [0, 0.05) is 5.57 Å². The van der Waals surface area contributed by atoms with E-state index >= 15 is 0 Å². The van der Waals surface area contributed by atoms with E-state index < -0.39 is 0 Å². The topological polar surface area (TPSA) is 17.1 Å². The summed E-state index contributed by atoms with van der Waals surface area (Å²) in [7, 11) is 0. The highest BCUT2D eigenvalue weighted by atomic mass is 16.1. The fourth-order valence-corrected chi connectivity index (χ4v) is 3.09. The quantitative estimate of drug-likeness (QED) is 0.625. The number of hydrogen-bond donors (Lipinski definition) is 0. The van der Waals surface area contributed by atoms with Crippen molar-refractivity contribution in [3.05, 3.63) is 88.1 Å². The van der Waals surface area contributed by atoms with Gasteiger partial charge < -0.3 is 0 Å². The van der Waals surface area contributed by atoms with Crippen LogP contribution >= 0.6 is 0 Å². The number of benzene rings is 1. The normalized spacial score (nSPS) is 19.6. The van der Waals surface area contributed by atoms with Gasteiger partial charge in [0.2, 0.25) is 0 Å². The molecule has 1 aromatic carbocycles. The molecule has 1 aliphatic rings. The van der Waals surface area contributed by atoms with E-state index in [1.165, 1.54) is 33.9 Å². The highest BCUT2D eigenvalue weighted by molar-refractivity contribution is 6.06. The molecule has 1 aliphatic carbocycles. The average Bonchev–Trinajstić information content (AvgIpc) is 2.49. The lowest BCUT2D eigenvalue weighted by atomic mass is 9.96. The number of rotatable bonds is 4. The van der Waals surface area contributed by atoms with Crippen LogP contribution in [0.25, 0.3) is 6.08 Å². The Bertz CT molecular complexity index is 759. The van der Waals surface area contributed by atoms with E-state index in [0.29, 0.717) is 5.57 Å². The minimum atomic E-state index is -0.0294. The van der Waals surface area contributed by atoms with Crippen molar-refractivity contribution in [2.45, 2.75) is 40.5 Å². The number of carbonyl (C=O) groups excluding carboxylic acids is 1. The van der Waals surface area contributed by atoms with Gasteiger partial charge in [0.05, 0.1) is 0 Å². The molecule has 1 aromatic rings. The Labute approximate surface area is 145 Å². The molecule has 0 fully saturated rings. The van der Waals surface area contributed by atoms with Crippen LogP contribution in [0.2, 0.25) is 0 Å². The Morgan fingerprint density at radius 2 is 1.71 bits per heavy atom. The summed E-state index contributed by atoms with van der Waals surface area (Å²) in [6.45, 7) is 12.1. The van der Waals surface area contributed by atoms with Gasteiger partial charge in [0.25, 0.3) is 0 Å². The molecule has 1 nitrogen and oxygen atoms in total. The fourth-order valence-electron chi connectivity index (χ4n) is 3.09. The summed E-state index contributed by atoms with van der Waals surface area (Å²) < 4.78 is 0. The second-order valence-electron chi connectivity index (χ2n) is 6.55. The molecule has 0 radical (unpaired) electrons. The van der Waals surface area contributed by atoms with Crippen LogP contribution in [0.3, 0.4) is 0 Å². The molecule has 1 heteroatoms. The first-order valence-electron chi connectivity index (χ1n) is 8.42. The van der Waals surface area contributed by atoms with Crippen LogP contribution in [0.15, 0.2) is 65.8 Å². The molecule has 124 valence electrons. The second-order valence-corrected chi connectivity index (χ2v) is 6.55. The molecule has 0 saturated carbocycles. The second kappa shape index (κ2) is 7.92. The van der Waals surface area contributed by atoms with Crippen LogP contribution in [0.1, 0.15) is 42.0 Å². The monoisotopic (exact) mass is 318 g/mol. The third-order valence-electron chi connectivity index (χ3n) is 4.29. The van der Waals surface area contributed by atoms with Crippen LogP contribution in [-0.4, -0.2) is 5.78 Å². The molecular weight excluding hydrogens is 292 g/mol. The van der Waals surface area contributed by atoms with E-state index in [0.717, 1.165) is 18.4 Å². The van der Waals surface area contributed by atoms with E-state index in [9.17, 15) is 4.79 Å². The Morgan fingerprint density at radius 1 is 1.04 bits per heavy atom. The van der Waals surface area contributed by atoms with Crippen LogP contribution in [-0.2, 0) is 4.79 Å². The van der Waals surface area contributed by atoms with Crippen molar-refractivity contribution in [2.75, 3.05) is 0 Å². The lowest BCUT2D eigenvalue weighted by molar-refractivity contribution is -0.111. The predicted octanol–water partition coefficient (Wildman–Crippen LogP) is 5.97. The standard InChI is InChI=1S/C23H26O/c1-6-23(24)21-14-16(2)8-7-9-20(15-21)10-11-22-18(4)12-17(3)13-19(22)5/h6,9-15H,1,7-8H2,2-5H3/b11-10+,16-14?,20-9-,21-15+. The minimum absolute atomic E-state index is 0.0294. The molecule has 0 aromatic heterocycles. The van der Waals surface area contributed by atoms with Crippen molar-refractivity contribution in [2.24, 2.45) is 0 Å². The fraction of sp³-hybridized carbons (Fsp3) is 0.261. The summed E-state index contributed by atoms with van der Waals surface area (Å²) in [5.41, 5.74) is 8.08. The molecule has 24 heavy (non-hydrogen) atoms. The Kier molecular flexibility index (Phi) is 5.92. The van der Waals surface area contributed by atoms with E-state index in [2.05, 4.69) is 64.6 Å². The molecule has 0 heterocycles. The summed E-state index contributed by atoms with van der Waals surface area (Å²) in [4.78, 5) is 12.1. The SMILES string of the molecule is C=CC(=O)/C1=C/C(/C=C/c2c(C)cc(C)cc2C)=C\CCC(C)=C1. The van der Waals surface area contributed by atoms with E-state index in [1.54, 1.807) is 0 Å². The van der Waals surface area contributed by atoms with Crippen molar-refractivity contribution in [3.8, 4) is 0 Å². The van der Waals surface area contributed by atoms with E-state index in [-0.39, 0.29) is 5.78 Å². The molecule has 0 saturated heterocycles. The first-order valence-corrected chi connectivity index (χ1v) is 8.42. The highest BCUT2D eigenvalue weighted by Gasteiger charge is 2.07. The molecule has 0 N–H and O–H groups in total. The molecule has 0 spiro atoms. The van der Waals surface area contributed by atoms with Crippen LogP contribution < -0.4 is 0 Å². The third-order valence-corrected chi connectivity index (χ3v) is 4.29. The molecule has 0 bridgehead atoms. The lowest BCUT2D eigenvalue weighted by Gasteiger charge is -2.09. The first kappa shape index (κ1) is 17.9. The van der Waals surface area contributed by atoms with Gasteiger partial charge in [-0.15, -0.1) is 0 Å². The minimum Gasteiger partial charge on any atom is -0.289 e. The van der Waals surface area contributed by atoms with Crippen molar-refractivity contribution < 1.29 is 4.79 Å². The maximum Gasteiger partial charge on any atom is 0.185 e. The number of hydrogen-bond acceptors (Lipinski definition) is 1. The maximum atomic E-state index is 12.1. The van der Waals surface area contributed by atoms with Crippen LogP contribution in [0, 0.1) is 20.8 Å². The smallest absolute Gasteiger partial charge is 0.185 e. The predicted molar refractivity (Wildman–Crippen MR) is 104 cm³/mol. The number of aryl methyl sites for hydroxylation is 3. The van der Waals surface area contributed by atoms with Crippen molar-refractivity contribution >= 4 is 11.9 Å². The molecule has 0 unspecified atom stereocenters. The molecule has 0 aliphatic heterocycles. The summed E-state index contributed by atoms with van der Waals surface area (Å²) in [5, 5.41) is 0. The largest absolute Gasteiger partial charge is 0.289 e. The van der Waals surface area contributed by atoms with Gasteiger partial charge in [0.15, 0.2) is 5.78 Å². The lowest BCUT2D eigenvalue weighted by Crippen LogP contribution is -1.98. The molecule has 2 rings (SSSR count). The van der Waals surface area contributed by atoms with Gasteiger partial charge >= 0.3 is 0 Å².